The van der Waals surface area contributed by atoms with Gasteiger partial charge in [0.05, 0.1) is 12.7 Å². The zero-order valence-electron chi connectivity index (χ0n) is 14.3. The number of aromatic amines is 1. The first-order valence-corrected chi connectivity index (χ1v) is 8.84. The molecular weight excluding hydrogens is 350 g/mol. The molecule has 0 fully saturated rings. The zero-order chi connectivity index (χ0) is 17.9. The van der Waals surface area contributed by atoms with Crippen LogP contribution in [0, 0.1) is 0 Å². The molecule has 0 aliphatic rings. The Hall–Kier alpha value is -2.79. The maximum atomic E-state index is 6.07. The predicted molar refractivity (Wildman–Crippen MR) is 102 cm³/mol. The van der Waals surface area contributed by atoms with E-state index in [2.05, 4.69) is 39.5 Å². The van der Waals surface area contributed by atoms with Crippen molar-refractivity contribution in [1.82, 2.24) is 15.1 Å². The summed E-state index contributed by atoms with van der Waals surface area (Å²) < 4.78 is 10.7. The number of para-hydroxylation sites is 1. The summed E-state index contributed by atoms with van der Waals surface area (Å²) in [5.41, 5.74) is 3.19. The first-order chi connectivity index (χ1) is 12.7. The van der Waals surface area contributed by atoms with E-state index >= 15 is 0 Å². The molecule has 0 spiro atoms. The summed E-state index contributed by atoms with van der Waals surface area (Å²) in [6, 6.07) is 13.7. The highest BCUT2D eigenvalue weighted by molar-refractivity contribution is 6.30. The number of hydrogen-bond acceptors (Lipinski definition) is 4. The Morgan fingerprint density at radius 1 is 1.15 bits per heavy atom. The number of aromatic nitrogens is 3. The van der Waals surface area contributed by atoms with Crippen LogP contribution in [0.2, 0.25) is 5.02 Å². The fraction of sp³-hybridized carbons (Fsp3) is 0.200. The molecule has 0 aliphatic heterocycles. The first kappa shape index (κ1) is 16.7. The number of fused-ring (bicyclic) bond motifs is 1. The van der Waals surface area contributed by atoms with Gasteiger partial charge in [-0.1, -0.05) is 35.0 Å². The Balaban J connectivity index is 1.45. The molecule has 0 unspecified atom stereocenters. The molecule has 4 aromatic rings. The summed E-state index contributed by atoms with van der Waals surface area (Å²) in [5.74, 6) is 1.77. The summed E-state index contributed by atoms with van der Waals surface area (Å²) in [4.78, 5) is 7.79. The number of rotatable bonds is 6. The fourth-order valence-corrected chi connectivity index (χ4v) is 3.26. The minimum atomic E-state index is 0.492. The molecule has 1 N–H and O–H groups in total. The van der Waals surface area contributed by atoms with Crippen molar-refractivity contribution >= 4 is 22.5 Å². The third kappa shape index (κ3) is 3.30. The van der Waals surface area contributed by atoms with Gasteiger partial charge in [-0.15, -0.1) is 0 Å². The van der Waals surface area contributed by atoms with Gasteiger partial charge in [-0.05, 0) is 42.7 Å². The maximum Gasteiger partial charge on any atom is 0.226 e. The molecule has 2 aromatic carbocycles. The van der Waals surface area contributed by atoms with Crippen LogP contribution in [0.5, 0.6) is 5.75 Å². The predicted octanol–water partition coefficient (Wildman–Crippen LogP) is 5.06. The van der Waals surface area contributed by atoms with Gasteiger partial charge in [-0.25, -0.2) is 0 Å². The number of benzene rings is 2. The Morgan fingerprint density at radius 3 is 2.92 bits per heavy atom. The third-order valence-corrected chi connectivity index (χ3v) is 4.62. The highest BCUT2D eigenvalue weighted by Crippen LogP contribution is 2.30. The molecule has 0 saturated heterocycles. The van der Waals surface area contributed by atoms with Crippen molar-refractivity contribution < 1.29 is 9.26 Å². The lowest BCUT2D eigenvalue weighted by Gasteiger charge is -2.04. The fourth-order valence-electron chi connectivity index (χ4n) is 3.09. The quantitative estimate of drug-likeness (QED) is 0.517. The van der Waals surface area contributed by atoms with Crippen molar-refractivity contribution in [3.8, 4) is 17.1 Å². The van der Waals surface area contributed by atoms with Crippen molar-refractivity contribution in [2.24, 2.45) is 0 Å². The van der Waals surface area contributed by atoms with E-state index < -0.39 is 0 Å². The zero-order valence-corrected chi connectivity index (χ0v) is 15.1. The van der Waals surface area contributed by atoms with E-state index in [1.54, 1.807) is 25.3 Å². The molecule has 132 valence electrons. The van der Waals surface area contributed by atoms with Crippen molar-refractivity contribution in [1.29, 1.82) is 0 Å². The number of H-pyrrole nitrogens is 1. The number of halogens is 1. The molecule has 2 heterocycles. The lowest BCUT2D eigenvalue weighted by atomic mass is 10.1. The van der Waals surface area contributed by atoms with Crippen LogP contribution in [0.3, 0.4) is 0 Å². The standard InChI is InChI=1S/C20H18ClN3O2/c1-25-18-10-9-14(21)11-16(18)20-23-19(26-24-20)8-4-5-13-12-22-17-7-3-2-6-15(13)17/h2-3,6-7,9-12,22H,4-5,8H2,1H3. The molecule has 2 aromatic heterocycles. The molecule has 0 aliphatic carbocycles. The topological polar surface area (TPSA) is 63.9 Å². The van der Waals surface area contributed by atoms with E-state index in [0.717, 1.165) is 30.3 Å². The maximum absolute atomic E-state index is 6.07. The largest absolute Gasteiger partial charge is 0.496 e. The van der Waals surface area contributed by atoms with Gasteiger partial charge in [0.1, 0.15) is 5.75 Å². The SMILES string of the molecule is COc1ccc(Cl)cc1-c1noc(CCCc2c[nH]c3ccccc23)n1. The lowest BCUT2D eigenvalue weighted by molar-refractivity contribution is 0.375. The minimum absolute atomic E-state index is 0.492. The van der Waals surface area contributed by atoms with Gasteiger partial charge in [0.25, 0.3) is 0 Å². The van der Waals surface area contributed by atoms with E-state index in [0.29, 0.717) is 22.5 Å². The van der Waals surface area contributed by atoms with E-state index in [-0.39, 0.29) is 0 Å². The van der Waals surface area contributed by atoms with Gasteiger partial charge >= 0.3 is 0 Å². The molecular formula is C20H18ClN3O2. The van der Waals surface area contributed by atoms with Crippen LogP contribution in [0.1, 0.15) is 17.9 Å². The van der Waals surface area contributed by atoms with Crippen LogP contribution in [-0.2, 0) is 12.8 Å². The lowest BCUT2D eigenvalue weighted by Crippen LogP contribution is -1.91. The second-order valence-corrected chi connectivity index (χ2v) is 6.51. The van der Waals surface area contributed by atoms with Crippen LogP contribution < -0.4 is 4.74 Å². The molecule has 4 rings (SSSR count). The molecule has 0 radical (unpaired) electrons. The van der Waals surface area contributed by atoms with E-state index in [4.69, 9.17) is 20.9 Å². The monoisotopic (exact) mass is 367 g/mol. The first-order valence-electron chi connectivity index (χ1n) is 8.46. The summed E-state index contributed by atoms with van der Waals surface area (Å²) in [6.07, 6.45) is 4.66. The second-order valence-electron chi connectivity index (χ2n) is 6.07. The third-order valence-electron chi connectivity index (χ3n) is 4.38. The summed E-state index contributed by atoms with van der Waals surface area (Å²) in [6.45, 7) is 0. The molecule has 0 saturated carbocycles. The molecule has 6 heteroatoms. The minimum Gasteiger partial charge on any atom is -0.496 e. The van der Waals surface area contributed by atoms with Gasteiger partial charge in [0, 0.05) is 28.5 Å². The van der Waals surface area contributed by atoms with Gasteiger partial charge in [-0.3, -0.25) is 0 Å². The molecule has 5 nitrogen and oxygen atoms in total. The second kappa shape index (κ2) is 7.22. The number of ether oxygens (including phenoxy) is 1. The summed E-state index contributed by atoms with van der Waals surface area (Å²) >= 11 is 6.07. The molecule has 0 amide bonds. The normalized spacial score (nSPS) is 11.2. The van der Waals surface area contributed by atoms with Gasteiger partial charge in [0.2, 0.25) is 11.7 Å². The summed E-state index contributed by atoms with van der Waals surface area (Å²) in [5, 5.41) is 5.94. The number of nitrogens with zero attached hydrogens (tertiary/aromatic N) is 2. The van der Waals surface area contributed by atoms with Crippen molar-refractivity contribution in [2.75, 3.05) is 7.11 Å². The van der Waals surface area contributed by atoms with Crippen molar-refractivity contribution in [3.63, 3.8) is 0 Å². The highest BCUT2D eigenvalue weighted by Gasteiger charge is 2.14. The van der Waals surface area contributed by atoms with Crippen molar-refractivity contribution in [3.05, 3.63) is 65.1 Å². The van der Waals surface area contributed by atoms with Crippen LogP contribution in [0.15, 0.2) is 53.2 Å². The van der Waals surface area contributed by atoms with Crippen LogP contribution in [0.4, 0.5) is 0 Å². The van der Waals surface area contributed by atoms with Gasteiger partial charge in [0.15, 0.2) is 0 Å². The van der Waals surface area contributed by atoms with E-state index in [1.165, 1.54) is 10.9 Å². The average Bonchev–Trinajstić information content (AvgIpc) is 3.29. The Morgan fingerprint density at radius 2 is 2.04 bits per heavy atom. The van der Waals surface area contributed by atoms with Gasteiger partial charge in [-0.2, -0.15) is 4.98 Å². The van der Waals surface area contributed by atoms with Gasteiger partial charge < -0.3 is 14.2 Å². The molecule has 0 atom stereocenters. The molecule has 26 heavy (non-hydrogen) atoms. The van der Waals surface area contributed by atoms with Crippen LogP contribution in [0.25, 0.3) is 22.3 Å². The van der Waals surface area contributed by atoms with E-state index in [1.807, 2.05) is 6.07 Å². The van der Waals surface area contributed by atoms with Crippen molar-refractivity contribution in [2.45, 2.75) is 19.3 Å². The number of methoxy groups -OCH3 is 1. The average molecular weight is 368 g/mol. The van der Waals surface area contributed by atoms with E-state index in [9.17, 15) is 0 Å². The van der Waals surface area contributed by atoms with Crippen LogP contribution in [-0.4, -0.2) is 22.2 Å². The smallest absolute Gasteiger partial charge is 0.226 e. The Kier molecular flexibility index (Phi) is 4.63. The number of aryl methyl sites for hydroxylation is 2. The number of nitrogens with one attached hydrogen (secondary N) is 1. The number of hydrogen-bond donors (Lipinski definition) is 1. The summed E-state index contributed by atoms with van der Waals surface area (Å²) in [7, 11) is 1.61. The Labute approximate surface area is 155 Å². The highest BCUT2D eigenvalue weighted by atomic mass is 35.5. The van der Waals surface area contributed by atoms with Crippen LogP contribution >= 0.6 is 11.6 Å². The Bertz CT molecular complexity index is 1040. The molecule has 0 bridgehead atoms.